The van der Waals surface area contributed by atoms with Gasteiger partial charge in [-0.05, 0) is 42.9 Å². The van der Waals surface area contributed by atoms with E-state index in [0.29, 0.717) is 17.4 Å². The number of anilines is 1. The Balaban J connectivity index is 1.92. The van der Waals surface area contributed by atoms with Crippen LogP contribution in [0, 0.1) is 0 Å². The summed E-state index contributed by atoms with van der Waals surface area (Å²) in [6.45, 7) is 0. The Morgan fingerprint density at radius 3 is 2.38 bits per heavy atom. The summed E-state index contributed by atoms with van der Waals surface area (Å²) in [4.78, 5) is 25.3. The molecular weight excluding hydrogens is 323 g/mol. The van der Waals surface area contributed by atoms with Gasteiger partial charge in [-0.1, -0.05) is 0 Å². The third kappa shape index (κ3) is 2.37. The van der Waals surface area contributed by atoms with E-state index in [2.05, 4.69) is 10.2 Å². The molecule has 2 amide bonds. The van der Waals surface area contributed by atoms with Gasteiger partial charge in [0.05, 0.1) is 11.1 Å². The van der Waals surface area contributed by atoms with Crippen LogP contribution in [0.2, 0.25) is 0 Å². The molecule has 1 aliphatic carbocycles. The van der Waals surface area contributed by atoms with Crippen LogP contribution in [-0.4, -0.2) is 22.0 Å². The number of amides is 2. The lowest BCUT2D eigenvalue weighted by Crippen LogP contribution is -2.40. The first kappa shape index (κ1) is 15.2. The minimum absolute atomic E-state index is 0.0149. The van der Waals surface area contributed by atoms with Gasteiger partial charge in [-0.25, -0.2) is 4.90 Å². The Morgan fingerprint density at radius 1 is 1.12 bits per heavy atom. The van der Waals surface area contributed by atoms with Crippen molar-refractivity contribution in [2.24, 2.45) is 0 Å². The molecule has 1 aliphatic heterocycles. The van der Waals surface area contributed by atoms with Crippen molar-refractivity contribution < 1.29 is 22.8 Å². The molecule has 4 rings (SSSR count). The number of carbonyl (C=O) groups is 2. The molecule has 2 aromatic rings. The van der Waals surface area contributed by atoms with Crippen LogP contribution in [0.5, 0.6) is 0 Å². The predicted octanol–water partition coefficient (Wildman–Crippen LogP) is 3.50. The molecule has 0 unspecified atom stereocenters. The van der Waals surface area contributed by atoms with Gasteiger partial charge in [-0.15, -0.1) is 0 Å². The number of nitrogens with zero attached hydrogens (tertiary/aromatic N) is 2. The standard InChI is InChI=1S/C16H14F3N3O2/c17-16(18,19)9-6-10(8-4-5-8)14-11(7-9)20-21-15(14)22-12(23)2-1-3-13(22)24/h6-8H,1-5H2,(H,20,21). The maximum atomic E-state index is 13.1. The van der Waals surface area contributed by atoms with Crippen molar-refractivity contribution in [3.63, 3.8) is 0 Å². The van der Waals surface area contributed by atoms with Crippen LogP contribution in [0.15, 0.2) is 12.1 Å². The summed E-state index contributed by atoms with van der Waals surface area (Å²) in [7, 11) is 0. The Hall–Kier alpha value is -2.38. The maximum Gasteiger partial charge on any atom is 0.416 e. The molecule has 0 spiro atoms. The second kappa shape index (κ2) is 5.06. The van der Waals surface area contributed by atoms with Crippen molar-refractivity contribution >= 4 is 28.5 Å². The second-order valence-electron chi connectivity index (χ2n) is 6.28. The molecule has 24 heavy (non-hydrogen) atoms. The fourth-order valence-corrected chi connectivity index (χ4v) is 3.20. The van der Waals surface area contributed by atoms with E-state index in [-0.39, 0.29) is 41.9 Å². The highest BCUT2D eigenvalue weighted by Crippen LogP contribution is 2.47. The normalized spacial score (nSPS) is 19.4. The fourth-order valence-electron chi connectivity index (χ4n) is 3.20. The van der Waals surface area contributed by atoms with Crippen molar-refractivity contribution in [1.82, 2.24) is 10.2 Å². The first-order chi connectivity index (χ1) is 11.4. The summed E-state index contributed by atoms with van der Waals surface area (Å²) in [6.07, 6.45) is -1.91. The van der Waals surface area contributed by atoms with E-state index in [4.69, 9.17) is 0 Å². The van der Waals surface area contributed by atoms with E-state index in [1.807, 2.05) is 0 Å². The average molecular weight is 337 g/mol. The van der Waals surface area contributed by atoms with Crippen LogP contribution in [0.25, 0.3) is 10.9 Å². The highest BCUT2D eigenvalue weighted by Gasteiger charge is 2.37. The highest BCUT2D eigenvalue weighted by molar-refractivity contribution is 6.19. The molecule has 1 N–H and O–H groups in total. The lowest BCUT2D eigenvalue weighted by molar-refractivity contribution is -0.137. The van der Waals surface area contributed by atoms with E-state index in [9.17, 15) is 22.8 Å². The fraction of sp³-hybridized carbons (Fsp3) is 0.438. The van der Waals surface area contributed by atoms with E-state index >= 15 is 0 Å². The molecule has 2 aliphatic rings. The van der Waals surface area contributed by atoms with Crippen molar-refractivity contribution in [3.8, 4) is 0 Å². The number of piperidine rings is 1. The summed E-state index contributed by atoms with van der Waals surface area (Å²) in [5.74, 6) is -0.570. The zero-order valence-corrected chi connectivity index (χ0v) is 12.6. The van der Waals surface area contributed by atoms with Gasteiger partial charge in [0.1, 0.15) is 0 Å². The number of H-pyrrole nitrogens is 1. The molecule has 2 heterocycles. The zero-order chi connectivity index (χ0) is 17.1. The van der Waals surface area contributed by atoms with Gasteiger partial charge >= 0.3 is 6.18 Å². The van der Waals surface area contributed by atoms with Crippen LogP contribution < -0.4 is 4.90 Å². The van der Waals surface area contributed by atoms with Gasteiger partial charge in [-0.2, -0.15) is 18.3 Å². The van der Waals surface area contributed by atoms with Crippen molar-refractivity contribution in [1.29, 1.82) is 0 Å². The Bertz CT molecular complexity index is 836. The number of imide groups is 1. The molecule has 1 saturated carbocycles. The zero-order valence-electron chi connectivity index (χ0n) is 12.6. The number of hydrogen-bond donors (Lipinski definition) is 1. The van der Waals surface area contributed by atoms with Gasteiger partial charge in [0.2, 0.25) is 11.8 Å². The lowest BCUT2D eigenvalue weighted by atomic mass is 10.00. The number of halogens is 3. The quantitative estimate of drug-likeness (QED) is 0.853. The first-order valence-electron chi connectivity index (χ1n) is 7.81. The third-order valence-electron chi connectivity index (χ3n) is 4.51. The number of aromatic amines is 1. The molecule has 0 radical (unpaired) electrons. The Labute approximate surface area is 134 Å². The molecule has 1 aromatic carbocycles. The largest absolute Gasteiger partial charge is 0.416 e. The molecule has 1 aromatic heterocycles. The molecule has 8 heteroatoms. The van der Waals surface area contributed by atoms with Crippen molar-refractivity contribution in [3.05, 3.63) is 23.3 Å². The maximum absolute atomic E-state index is 13.1. The summed E-state index contributed by atoms with van der Waals surface area (Å²) in [6, 6.07) is 2.11. The molecule has 5 nitrogen and oxygen atoms in total. The Morgan fingerprint density at radius 2 is 1.79 bits per heavy atom. The second-order valence-corrected chi connectivity index (χ2v) is 6.28. The summed E-state index contributed by atoms with van der Waals surface area (Å²) < 4.78 is 39.3. The highest BCUT2D eigenvalue weighted by atomic mass is 19.4. The monoisotopic (exact) mass is 337 g/mol. The summed E-state index contributed by atoms with van der Waals surface area (Å²) >= 11 is 0. The number of hydrogen-bond acceptors (Lipinski definition) is 3. The number of carbonyl (C=O) groups excluding carboxylic acids is 2. The van der Waals surface area contributed by atoms with Gasteiger partial charge in [0.15, 0.2) is 5.82 Å². The topological polar surface area (TPSA) is 66.1 Å². The first-order valence-corrected chi connectivity index (χ1v) is 7.81. The molecular formula is C16H14F3N3O2. The molecule has 126 valence electrons. The van der Waals surface area contributed by atoms with Crippen molar-refractivity contribution in [2.75, 3.05) is 4.90 Å². The van der Waals surface area contributed by atoms with Crippen LogP contribution >= 0.6 is 0 Å². The number of aromatic nitrogens is 2. The van der Waals surface area contributed by atoms with Gasteiger partial charge in [0, 0.05) is 18.2 Å². The number of benzene rings is 1. The van der Waals surface area contributed by atoms with E-state index < -0.39 is 11.7 Å². The summed E-state index contributed by atoms with van der Waals surface area (Å²) in [5, 5.41) is 7.02. The van der Waals surface area contributed by atoms with Gasteiger partial charge < -0.3 is 0 Å². The van der Waals surface area contributed by atoms with E-state index in [1.54, 1.807) is 0 Å². The number of nitrogens with one attached hydrogen (secondary N) is 1. The molecule has 0 atom stereocenters. The lowest BCUT2D eigenvalue weighted by Gasteiger charge is -2.23. The molecule has 0 bridgehead atoms. The van der Waals surface area contributed by atoms with E-state index in [1.165, 1.54) is 0 Å². The third-order valence-corrected chi connectivity index (χ3v) is 4.51. The Kier molecular flexibility index (Phi) is 3.20. The SMILES string of the molecule is O=C1CCCC(=O)N1c1n[nH]c2cc(C(F)(F)F)cc(C3CC3)c12. The van der Waals surface area contributed by atoms with Crippen LogP contribution in [0.1, 0.15) is 49.1 Å². The smallest absolute Gasteiger partial charge is 0.276 e. The molecule has 1 saturated heterocycles. The van der Waals surface area contributed by atoms with Crippen LogP contribution in [0.4, 0.5) is 19.0 Å². The number of fused-ring (bicyclic) bond motifs is 1. The van der Waals surface area contributed by atoms with E-state index in [0.717, 1.165) is 29.9 Å². The number of rotatable bonds is 2. The van der Waals surface area contributed by atoms with Crippen LogP contribution in [0.3, 0.4) is 0 Å². The molecule has 2 fully saturated rings. The van der Waals surface area contributed by atoms with Crippen LogP contribution in [-0.2, 0) is 15.8 Å². The van der Waals surface area contributed by atoms with Gasteiger partial charge in [-0.3, -0.25) is 14.7 Å². The summed E-state index contributed by atoms with van der Waals surface area (Å²) in [5.41, 5.74) is -0.0361. The van der Waals surface area contributed by atoms with Crippen molar-refractivity contribution in [2.45, 2.75) is 44.2 Å². The minimum Gasteiger partial charge on any atom is -0.276 e. The van der Waals surface area contributed by atoms with Gasteiger partial charge in [0.25, 0.3) is 0 Å². The average Bonchev–Trinajstić information content (AvgIpc) is 3.26. The predicted molar refractivity (Wildman–Crippen MR) is 79.4 cm³/mol. The number of alkyl halides is 3. The minimum atomic E-state index is -4.46.